The van der Waals surface area contributed by atoms with Gasteiger partial charge in [-0.15, -0.1) is 11.3 Å². The van der Waals surface area contributed by atoms with Gasteiger partial charge in [-0.3, -0.25) is 0 Å². The Balaban J connectivity index is 1.78. The maximum Gasteiger partial charge on any atom is 0.261 e. The fourth-order valence-corrected chi connectivity index (χ4v) is 4.00. The minimum absolute atomic E-state index is 0.699. The summed E-state index contributed by atoms with van der Waals surface area (Å²) in [4.78, 5) is 5.70. The second-order valence-electron chi connectivity index (χ2n) is 4.15. The number of aromatic nitrogens is 1. The Hall–Kier alpha value is -1.78. The average Bonchev–Trinajstić information content (AvgIpc) is 3.03. The molecule has 4 heteroatoms. The lowest BCUT2D eigenvalue weighted by Gasteiger charge is -1.94. The predicted octanol–water partition coefficient (Wildman–Crippen LogP) is 5.19. The van der Waals surface area contributed by atoms with E-state index in [0.717, 1.165) is 11.1 Å². The van der Waals surface area contributed by atoms with Crippen LogP contribution in [0.5, 0.6) is 0 Å². The molecule has 0 saturated carbocycles. The molecule has 0 spiro atoms. The highest BCUT2D eigenvalue weighted by molar-refractivity contribution is 7.99. The van der Waals surface area contributed by atoms with Crippen LogP contribution in [0.1, 0.15) is 0 Å². The Morgan fingerprint density at radius 1 is 1.00 bits per heavy atom. The fourth-order valence-electron chi connectivity index (χ4n) is 2.02. The van der Waals surface area contributed by atoms with E-state index in [4.69, 9.17) is 4.42 Å². The normalized spacial score (nSPS) is 11.4. The molecule has 0 atom stereocenters. The van der Waals surface area contributed by atoms with Crippen LogP contribution < -0.4 is 0 Å². The highest BCUT2D eigenvalue weighted by Crippen LogP contribution is 2.37. The number of thiophene rings is 1. The number of oxazole rings is 1. The maximum atomic E-state index is 5.75. The summed E-state index contributed by atoms with van der Waals surface area (Å²) in [5.74, 6) is 0. The van der Waals surface area contributed by atoms with Gasteiger partial charge in [0.2, 0.25) is 0 Å². The maximum absolute atomic E-state index is 5.75. The van der Waals surface area contributed by atoms with E-state index in [0.29, 0.717) is 5.22 Å². The summed E-state index contributed by atoms with van der Waals surface area (Å²) >= 11 is 3.33. The first-order valence-electron chi connectivity index (χ1n) is 5.90. The van der Waals surface area contributed by atoms with Crippen molar-refractivity contribution in [3.8, 4) is 0 Å². The van der Waals surface area contributed by atoms with E-state index in [9.17, 15) is 0 Å². The molecule has 0 bridgehead atoms. The van der Waals surface area contributed by atoms with Gasteiger partial charge in [0, 0.05) is 20.4 Å². The molecule has 2 aromatic heterocycles. The van der Waals surface area contributed by atoms with E-state index in [2.05, 4.69) is 34.6 Å². The zero-order chi connectivity index (χ0) is 12.7. The number of benzene rings is 2. The van der Waals surface area contributed by atoms with Crippen LogP contribution in [0.4, 0.5) is 0 Å². The smallest absolute Gasteiger partial charge is 0.261 e. The molecule has 0 N–H and O–H groups in total. The largest absolute Gasteiger partial charge is 0.431 e. The molecule has 4 aromatic rings. The first-order chi connectivity index (χ1) is 9.40. The number of hydrogen-bond acceptors (Lipinski definition) is 4. The summed E-state index contributed by atoms with van der Waals surface area (Å²) in [5, 5.41) is 4.12. The molecule has 0 saturated heterocycles. The molecule has 0 aliphatic heterocycles. The van der Waals surface area contributed by atoms with E-state index in [1.54, 1.807) is 23.1 Å². The van der Waals surface area contributed by atoms with Crippen LogP contribution >= 0.6 is 23.1 Å². The molecule has 2 heterocycles. The Morgan fingerprint density at radius 3 is 2.79 bits per heavy atom. The average molecular weight is 283 g/mol. The van der Waals surface area contributed by atoms with Crippen molar-refractivity contribution in [2.24, 2.45) is 0 Å². The fraction of sp³-hybridized carbons (Fsp3) is 0. The quantitative estimate of drug-likeness (QED) is 0.506. The molecule has 0 aliphatic rings. The highest BCUT2D eigenvalue weighted by Gasteiger charge is 2.10. The minimum Gasteiger partial charge on any atom is -0.431 e. The lowest BCUT2D eigenvalue weighted by Crippen LogP contribution is -1.70. The van der Waals surface area contributed by atoms with Gasteiger partial charge in [-0.25, -0.2) is 4.98 Å². The third kappa shape index (κ3) is 1.93. The van der Waals surface area contributed by atoms with Crippen molar-refractivity contribution in [3.63, 3.8) is 0 Å². The third-order valence-corrected chi connectivity index (χ3v) is 4.94. The zero-order valence-electron chi connectivity index (χ0n) is 9.87. The van der Waals surface area contributed by atoms with Crippen LogP contribution in [0.2, 0.25) is 0 Å². The molecule has 2 nitrogen and oxygen atoms in total. The van der Waals surface area contributed by atoms with E-state index in [-0.39, 0.29) is 0 Å². The van der Waals surface area contributed by atoms with Crippen LogP contribution in [-0.2, 0) is 0 Å². The van der Waals surface area contributed by atoms with Crippen molar-refractivity contribution >= 4 is 44.3 Å². The third-order valence-electron chi connectivity index (χ3n) is 2.92. The van der Waals surface area contributed by atoms with Gasteiger partial charge in [-0.2, -0.15) is 0 Å². The summed E-state index contributed by atoms with van der Waals surface area (Å²) in [6, 6.07) is 16.2. The Kier molecular flexibility index (Phi) is 2.57. The van der Waals surface area contributed by atoms with Crippen LogP contribution in [0.3, 0.4) is 0 Å². The molecular formula is C15H9NOS2. The molecule has 0 amide bonds. The number of nitrogens with zero attached hydrogens (tertiary/aromatic N) is 1. The highest BCUT2D eigenvalue weighted by atomic mass is 32.2. The lowest BCUT2D eigenvalue weighted by atomic mass is 10.3. The summed E-state index contributed by atoms with van der Waals surface area (Å²) in [7, 11) is 0. The first kappa shape index (κ1) is 11.1. The molecular weight excluding hydrogens is 274 g/mol. The Labute approximate surface area is 118 Å². The topological polar surface area (TPSA) is 26.0 Å². The number of hydrogen-bond donors (Lipinski definition) is 0. The zero-order valence-corrected chi connectivity index (χ0v) is 11.5. The van der Waals surface area contributed by atoms with Gasteiger partial charge in [0.25, 0.3) is 5.22 Å². The van der Waals surface area contributed by atoms with Gasteiger partial charge in [0.15, 0.2) is 5.58 Å². The van der Waals surface area contributed by atoms with Crippen molar-refractivity contribution in [2.45, 2.75) is 10.1 Å². The summed E-state index contributed by atoms with van der Waals surface area (Å²) in [6.45, 7) is 0. The monoisotopic (exact) mass is 283 g/mol. The molecule has 0 aliphatic carbocycles. The first-order valence-corrected chi connectivity index (χ1v) is 7.59. The van der Waals surface area contributed by atoms with E-state index in [1.165, 1.54) is 15.0 Å². The number of fused-ring (bicyclic) bond motifs is 2. The van der Waals surface area contributed by atoms with Crippen LogP contribution in [0.15, 0.2) is 68.4 Å². The summed E-state index contributed by atoms with van der Waals surface area (Å²) in [5.41, 5.74) is 1.74. The van der Waals surface area contributed by atoms with Gasteiger partial charge in [0.05, 0.1) is 0 Å². The van der Waals surface area contributed by atoms with E-state index < -0.39 is 0 Å². The van der Waals surface area contributed by atoms with E-state index >= 15 is 0 Å². The molecule has 0 fully saturated rings. The van der Waals surface area contributed by atoms with Crippen LogP contribution in [0, 0.1) is 0 Å². The van der Waals surface area contributed by atoms with E-state index in [1.807, 2.05) is 24.3 Å². The minimum atomic E-state index is 0.699. The molecule has 92 valence electrons. The van der Waals surface area contributed by atoms with Crippen molar-refractivity contribution in [1.29, 1.82) is 0 Å². The predicted molar refractivity (Wildman–Crippen MR) is 80.0 cm³/mol. The van der Waals surface area contributed by atoms with Gasteiger partial charge < -0.3 is 4.42 Å². The van der Waals surface area contributed by atoms with Crippen LogP contribution in [-0.4, -0.2) is 4.98 Å². The molecule has 0 radical (unpaired) electrons. The molecule has 4 rings (SSSR count). The standard InChI is InChI=1S/C15H9NOS2/c1-4-8-13-10(5-1)14(9-18-13)19-15-16-11-6-2-3-7-12(11)17-15/h1-9H. The van der Waals surface area contributed by atoms with Crippen LogP contribution in [0.25, 0.3) is 21.2 Å². The Morgan fingerprint density at radius 2 is 1.84 bits per heavy atom. The number of para-hydroxylation sites is 2. The van der Waals surface area contributed by atoms with Gasteiger partial charge in [-0.05, 0) is 30.0 Å². The van der Waals surface area contributed by atoms with Gasteiger partial charge >= 0.3 is 0 Å². The van der Waals surface area contributed by atoms with Gasteiger partial charge in [-0.1, -0.05) is 30.3 Å². The van der Waals surface area contributed by atoms with Crippen molar-refractivity contribution in [1.82, 2.24) is 4.98 Å². The summed E-state index contributed by atoms with van der Waals surface area (Å²) in [6.07, 6.45) is 0. The molecule has 19 heavy (non-hydrogen) atoms. The molecule has 0 unspecified atom stereocenters. The van der Waals surface area contributed by atoms with Crippen molar-refractivity contribution < 1.29 is 4.42 Å². The molecule has 2 aromatic carbocycles. The second-order valence-corrected chi connectivity index (χ2v) is 6.05. The number of rotatable bonds is 2. The second kappa shape index (κ2) is 4.40. The Bertz CT molecular complexity index is 829. The van der Waals surface area contributed by atoms with Crippen molar-refractivity contribution in [2.75, 3.05) is 0 Å². The SMILES string of the molecule is c1ccc2oc(Sc3csc4ccccc34)nc2c1. The van der Waals surface area contributed by atoms with Gasteiger partial charge in [0.1, 0.15) is 5.52 Å². The van der Waals surface area contributed by atoms with Crippen molar-refractivity contribution in [3.05, 3.63) is 53.9 Å². The lowest BCUT2D eigenvalue weighted by molar-refractivity contribution is 0.489. The summed E-state index contributed by atoms with van der Waals surface area (Å²) < 4.78 is 7.04.